The van der Waals surface area contributed by atoms with Crippen LogP contribution in [-0.2, 0) is 6.54 Å². The van der Waals surface area contributed by atoms with Gasteiger partial charge in [-0.2, -0.15) is 0 Å². The SMILES string of the molecule is C=CCN1CCC(NC(=NCc2cccc(OC)c2O)NCC)CC1. The molecule has 0 radical (unpaired) electrons. The summed E-state index contributed by atoms with van der Waals surface area (Å²) in [5, 5.41) is 17.0. The number of phenols is 1. The van der Waals surface area contributed by atoms with Crippen LogP contribution in [0, 0.1) is 0 Å². The smallest absolute Gasteiger partial charge is 0.191 e. The number of piperidine rings is 1. The zero-order chi connectivity index (χ0) is 18.1. The summed E-state index contributed by atoms with van der Waals surface area (Å²) >= 11 is 0. The van der Waals surface area contributed by atoms with Crippen molar-refractivity contribution in [3.63, 3.8) is 0 Å². The van der Waals surface area contributed by atoms with E-state index in [-0.39, 0.29) is 5.75 Å². The second-order valence-corrected chi connectivity index (χ2v) is 6.17. The van der Waals surface area contributed by atoms with Gasteiger partial charge in [-0.15, -0.1) is 6.58 Å². The number of benzene rings is 1. The molecule has 1 heterocycles. The molecule has 1 aromatic rings. The van der Waals surface area contributed by atoms with E-state index in [4.69, 9.17) is 4.74 Å². The lowest BCUT2D eigenvalue weighted by Crippen LogP contribution is -2.48. The van der Waals surface area contributed by atoms with Gasteiger partial charge in [0.1, 0.15) is 0 Å². The molecule has 1 aliphatic heterocycles. The van der Waals surface area contributed by atoms with Crippen LogP contribution in [0.3, 0.4) is 0 Å². The maximum Gasteiger partial charge on any atom is 0.191 e. The minimum absolute atomic E-state index is 0.155. The van der Waals surface area contributed by atoms with E-state index in [2.05, 4.69) is 27.1 Å². The normalized spacial score (nSPS) is 16.5. The fourth-order valence-corrected chi connectivity index (χ4v) is 2.98. The summed E-state index contributed by atoms with van der Waals surface area (Å²) in [4.78, 5) is 7.02. The quantitative estimate of drug-likeness (QED) is 0.401. The third-order valence-corrected chi connectivity index (χ3v) is 4.37. The molecule has 0 saturated carbocycles. The van der Waals surface area contributed by atoms with Crippen LogP contribution in [0.25, 0.3) is 0 Å². The van der Waals surface area contributed by atoms with Gasteiger partial charge in [0.05, 0.1) is 13.7 Å². The van der Waals surface area contributed by atoms with E-state index >= 15 is 0 Å². The number of rotatable bonds is 7. The summed E-state index contributed by atoms with van der Waals surface area (Å²) in [6.07, 6.45) is 4.13. The molecule has 1 aliphatic rings. The lowest BCUT2D eigenvalue weighted by molar-refractivity contribution is 0.225. The Morgan fingerprint density at radius 3 is 2.84 bits per heavy atom. The standard InChI is InChI=1S/C19H30N4O2/c1-4-11-23-12-9-16(10-13-23)22-19(20-5-2)21-14-15-7-6-8-17(25-3)18(15)24/h4,6-8,16,24H,1,5,9-14H2,2-3H3,(H2,20,21,22). The maximum atomic E-state index is 10.2. The van der Waals surface area contributed by atoms with Gasteiger partial charge in [0.2, 0.25) is 0 Å². The largest absolute Gasteiger partial charge is 0.504 e. The lowest BCUT2D eigenvalue weighted by atomic mass is 10.1. The lowest BCUT2D eigenvalue weighted by Gasteiger charge is -2.32. The van der Waals surface area contributed by atoms with Gasteiger partial charge in [-0.3, -0.25) is 4.90 Å². The Kier molecular flexibility index (Phi) is 7.60. The minimum Gasteiger partial charge on any atom is -0.504 e. The van der Waals surface area contributed by atoms with Crippen LogP contribution in [0.1, 0.15) is 25.3 Å². The number of ether oxygens (including phenoxy) is 1. The molecule has 0 aliphatic carbocycles. The molecule has 0 amide bonds. The van der Waals surface area contributed by atoms with Crippen LogP contribution < -0.4 is 15.4 Å². The van der Waals surface area contributed by atoms with Crippen LogP contribution in [0.15, 0.2) is 35.8 Å². The van der Waals surface area contributed by atoms with E-state index in [0.717, 1.165) is 50.5 Å². The Morgan fingerprint density at radius 1 is 1.44 bits per heavy atom. The van der Waals surface area contributed by atoms with Gasteiger partial charge in [0.15, 0.2) is 17.5 Å². The average Bonchev–Trinajstić information content (AvgIpc) is 2.62. The number of para-hydroxylation sites is 1. The van der Waals surface area contributed by atoms with Crippen molar-refractivity contribution in [3.8, 4) is 11.5 Å². The van der Waals surface area contributed by atoms with Crippen LogP contribution in [-0.4, -0.2) is 55.3 Å². The first kappa shape index (κ1) is 19.1. The van der Waals surface area contributed by atoms with Crippen molar-refractivity contribution in [1.29, 1.82) is 0 Å². The van der Waals surface area contributed by atoms with Gasteiger partial charge < -0.3 is 20.5 Å². The highest BCUT2D eigenvalue weighted by atomic mass is 16.5. The molecule has 6 nitrogen and oxygen atoms in total. The summed E-state index contributed by atoms with van der Waals surface area (Å²) in [6.45, 7) is 10.1. The molecule has 138 valence electrons. The molecule has 1 aromatic carbocycles. The van der Waals surface area contributed by atoms with Crippen molar-refractivity contribution >= 4 is 5.96 Å². The number of nitrogens with zero attached hydrogens (tertiary/aromatic N) is 2. The van der Waals surface area contributed by atoms with Crippen LogP contribution >= 0.6 is 0 Å². The van der Waals surface area contributed by atoms with E-state index in [9.17, 15) is 5.11 Å². The molecule has 0 aromatic heterocycles. The number of aromatic hydroxyl groups is 1. The van der Waals surface area contributed by atoms with Crippen LogP contribution in [0.5, 0.6) is 11.5 Å². The molecular formula is C19H30N4O2. The summed E-state index contributed by atoms with van der Waals surface area (Å²) in [6, 6.07) is 5.87. The molecule has 1 fully saturated rings. The second-order valence-electron chi connectivity index (χ2n) is 6.17. The summed E-state index contributed by atoms with van der Waals surface area (Å²) in [5.74, 6) is 1.41. The summed E-state index contributed by atoms with van der Waals surface area (Å²) in [5.41, 5.74) is 0.748. The van der Waals surface area contributed by atoms with Crippen LogP contribution in [0.4, 0.5) is 0 Å². The predicted octanol–water partition coefficient (Wildman–Crippen LogP) is 2.11. The number of likely N-dealkylation sites (tertiary alicyclic amines) is 1. The van der Waals surface area contributed by atoms with Gasteiger partial charge in [0, 0.05) is 37.8 Å². The highest BCUT2D eigenvalue weighted by molar-refractivity contribution is 5.80. The first-order chi connectivity index (χ1) is 12.2. The monoisotopic (exact) mass is 346 g/mol. The number of nitrogens with one attached hydrogen (secondary N) is 2. The van der Waals surface area contributed by atoms with Gasteiger partial charge in [-0.05, 0) is 25.8 Å². The fourth-order valence-electron chi connectivity index (χ4n) is 2.98. The minimum atomic E-state index is 0.155. The Bertz CT molecular complexity index is 581. The van der Waals surface area contributed by atoms with Crippen molar-refractivity contribution in [2.75, 3.05) is 33.3 Å². The highest BCUT2D eigenvalue weighted by Crippen LogP contribution is 2.29. The third kappa shape index (κ3) is 5.67. The molecule has 0 bridgehead atoms. The number of guanidine groups is 1. The maximum absolute atomic E-state index is 10.2. The second kappa shape index (κ2) is 9.93. The number of hydrogen-bond acceptors (Lipinski definition) is 4. The fraction of sp³-hybridized carbons (Fsp3) is 0.526. The molecule has 6 heteroatoms. The number of methoxy groups -OCH3 is 1. The highest BCUT2D eigenvalue weighted by Gasteiger charge is 2.19. The first-order valence-electron chi connectivity index (χ1n) is 8.90. The van der Waals surface area contributed by atoms with E-state index in [1.54, 1.807) is 13.2 Å². The summed E-state index contributed by atoms with van der Waals surface area (Å²) in [7, 11) is 1.55. The molecule has 3 N–H and O–H groups in total. The van der Waals surface area contributed by atoms with E-state index in [0.29, 0.717) is 18.3 Å². The first-order valence-corrected chi connectivity index (χ1v) is 8.90. The van der Waals surface area contributed by atoms with Crippen molar-refractivity contribution in [3.05, 3.63) is 36.4 Å². The van der Waals surface area contributed by atoms with Gasteiger partial charge >= 0.3 is 0 Å². The van der Waals surface area contributed by atoms with E-state index < -0.39 is 0 Å². The third-order valence-electron chi connectivity index (χ3n) is 4.37. The Balaban J connectivity index is 1.96. The number of aliphatic imine (C=N–C) groups is 1. The van der Waals surface area contributed by atoms with Crippen molar-refractivity contribution in [1.82, 2.24) is 15.5 Å². The number of phenolic OH excluding ortho intramolecular Hbond substituents is 1. The number of hydrogen-bond donors (Lipinski definition) is 3. The van der Waals surface area contributed by atoms with Crippen LogP contribution in [0.2, 0.25) is 0 Å². The van der Waals surface area contributed by atoms with Gasteiger partial charge in [-0.25, -0.2) is 4.99 Å². The van der Waals surface area contributed by atoms with Crippen molar-refractivity contribution in [2.24, 2.45) is 4.99 Å². The Morgan fingerprint density at radius 2 is 2.20 bits per heavy atom. The van der Waals surface area contributed by atoms with Crippen molar-refractivity contribution < 1.29 is 9.84 Å². The molecule has 0 spiro atoms. The topological polar surface area (TPSA) is 69.1 Å². The Labute approximate surface area is 150 Å². The molecule has 0 atom stereocenters. The van der Waals surface area contributed by atoms with Crippen molar-refractivity contribution in [2.45, 2.75) is 32.4 Å². The molecular weight excluding hydrogens is 316 g/mol. The molecule has 2 rings (SSSR count). The zero-order valence-corrected chi connectivity index (χ0v) is 15.3. The predicted molar refractivity (Wildman–Crippen MR) is 102 cm³/mol. The van der Waals surface area contributed by atoms with Gasteiger partial charge in [0.25, 0.3) is 0 Å². The average molecular weight is 346 g/mol. The Hall–Kier alpha value is -2.21. The van der Waals surface area contributed by atoms with Gasteiger partial charge in [-0.1, -0.05) is 18.2 Å². The zero-order valence-electron chi connectivity index (χ0n) is 15.3. The summed E-state index contributed by atoms with van der Waals surface area (Å²) < 4.78 is 5.15. The molecule has 25 heavy (non-hydrogen) atoms. The van der Waals surface area contributed by atoms with E-state index in [1.807, 2.05) is 25.1 Å². The molecule has 0 unspecified atom stereocenters. The van der Waals surface area contributed by atoms with E-state index in [1.165, 1.54) is 0 Å². The molecule has 1 saturated heterocycles.